The number of hydrogen-bond donors (Lipinski definition) is 1. The highest BCUT2D eigenvalue weighted by atomic mass is 32.1. The lowest BCUT2D eigenvalue weighted by molar-refractivity contribution is 0.195. The third kappa shape index (κ3) is 7.55. The average molecular weight is 260 g/mol. The molecule has 0 aliphatic carbocycles. The van der Waals surface area contributed by atoms with E-state index in [4.69, 9.17) is 17.0 Å². The first kappa shape index (κ1) is 16.6. The van der Waals surface area contributed by atoms with E-state index in [1.54, 1.807) is 7.11 Å². The lowest BCUT2D eigenvalue weighted by atomic mass is 10.2. The van der Waals surface area contributed by atoms with Crippen LogP contribution >= 0.6 is 12.2 Å². The van der Waals surface area contributed by atoms with Crippen LogP contribution in [0, 0.1) is 0 Å². The molecule has 0 aromatic carbocycles. The van der Waals surface area contributed by atoms with E-state index in [0.29, 0.717) is 6.04 Å². The Labute approximate surface area is 112 Å². The second-order valence-electron chi connectivity index (χ2n) is 4.38. The zero-order valence-corrected chi connectivity index (χ0v) is 12.6. The summed E-state index contributed by atoms with van der Waals surface area (Å²) in [6.07, 6.45) is 4.53. The van der Waals surface area contributed by atoms with Gasteiger partial charge in [-0.15, -0.1) is 0 Å². The van der Waals surface area contributed by atoms with Crippen LogP contribution in [0.25, 0.3) is 0 Å². The van der Waals surface area contributed by atoms with E-state index in [1.165, 1.54) is 12.8 Å². The van der Waals surface area contributed by atoms with Gasteiger partial charge in [0, 0.05) is 32.8 Å². The maximum Gasteiger partial charge on any atom is 0.169 e. The molecule has 0 spiro atoms. The molecule has 0 radical (unpaired) electrons. The third-order valence-electron chi connectivity index (χ3n) is 2.94. The van der Waals surface area contributed by atoms with E-state index in [1.807, 2.05) is 0 Å². The van der Waals surface area contributed by atoms with Crippen molar-refractivity contribution in [1.29, 1.82) is 0 Å². The molecule has 0 saturated heterocycles. The number of hydrogen-bond acceptors (Lipinski definition) is 2. The Bertz CT molecular complexity index is 200. The van der Waals surface area contributed by atoms with Crippen LogP contribution in [0.5, 0.6) is 0 Å². The molecule has 0 saturated carbocycles. The molecule has 0 aromatic rings. The van der Waals surface area contributed by atoms with Crippen LogP contribution in [0.3, 0.4) is 0 Å². The minimum atomic E-state index is 0.518. The van der Waals surface area contributed by atoms with Crippen LogP contribution in [0.15, 0.2) is 0 Å². The number of nitrogens with zero attached hydrogens (tertiary/aromatic N) is 1. The summed E-state index contributed by atoms with van der Waals surface area (Å²) in [5, 5.41) is 4.21. The highest BCUT2D eigenvalue weighted by Gasteiger charge is 2.14. The molecule has 4 heteroatoms. The van der Waals surface area contributed by atoms with Crippen molar-refractivity contribution in [3.8, 4) is 0 Å². The molecular formula is C13H28N2OS. The number of nitrogens with one attached hydrogen (secondary N) is 1. The fourth-order valence-electron chi connectivity index (χ4n) is 1.58. The highest BCUT2D eigenvalue weighted by molar-refractivity contribution is 7.80. The molecule has 0 fully saturated rings. The SMILES string of the molecule is CCCCN(C(=S)NCCCOC)C(C)CC. The minimum absolute atomic E-state index is 0.518. The number of unbranched alkanes of at least 4 members (excludes halogenated alkanes) is 1. The molecule has 1 N–H and O–H groups in total. The van der Waals surface area contributed by atoms with Gasteiger partial charge < -0.3 is 15.0 Å². The molecule has 0 aliphatic rings. The van der Waals surface area contributed by atoms with E-state index < -0.39 is 0 Å². The van der Waals surface area contributed by atoms with Gasteiger partial charge in [-0.1, -0.05) is 20.3 Å². The normalized spacial score (nSPS) is 12.2. The van der Waals surface area contributed by atoms with E-state index in [0.717, 1.165) is 37.7 Å². The van der Waals surface area contributed by atoms with Gasteiger partial charge in [0.15, 0.2) is 5.11 Å². The van der Waals surface area contributed by atoms with Gasteiger partial charge in [-0.3, -0.25) is 0 Å². The molecule has 0 aliphatic heterocycles. The molecule has 0 bridgehead atoms. The van der Waals surface area contributed by atoms with Crippen LogP contribution in [0.1, 0.15) is 46.5 Å². The van der Waals surface area contributed by atoms with Crippen molar-refractivity contribution in [2.45, 2.75) is 52.5 Å². The third-order valence-corrected chi connectivity index (χ3v) is 3.32. The van der Waals surface area contributed by atoms with Crippen molar-refractivity contribution in [3.63, 3.8) is 0 Å². The summed E-state index contributed by atoms with van der Waals surface area (Å²) in [6.45, 7) is 9.39. The number of rotatable bonds is 9. The molecule has 17 heavy (non-hydrogen) atoms. The molecule has 0 rings (SSSR count). The van der Waals surface area contributed by atoms with Gasteiger partial charge >= 0.3 is 0 Å². The summed E-state index contributed by atoms with van der Waals surface area (Å²) in [6, 6.07) is 0.518. The zero-order valence-electron chi connectivity index (χ0n) is 11.8. The fourth-order valence-corrected chi connectivity index (χ4v) is 1.96. The quantitative estimate of drug-likeness (QED) is 0.509. The van der Waals surface area contributed by atoms with E-state index in [-0.39, 0.29) is 0 Å². The van der Waals surface area contributed by atoms with Gasteiger partial charge in [-0.05, 0) is 38.4 Å². The van der Waals surface area contributed by atoms with Gasteiger partial charge in [-0.2, -0.15) is 0 Å². The summed E-state index contributed by atoms with van der Waals surface area (Å²) in [4.78, 5) is 2.31. The summed E-state index contributed by atoms with van der Waals surface area (Å²) in [5.41, 5.74) is 0. The van der Waals surface area contributed by atoms with Crippen molar-refractivity contribution in [3.05, 3.63) is 0 Å². The summed E-state index contributed by atoms with van der Waals surface area (Å²) < 4.78 is 5.02. The van der Waals surface area contributed by atoms with Gasteiger partial charge in [0.1, 0.15) is 0 Å². The molecule has 0 amide bonds. The van der Waals surface area contributed by atoms with E-state index in [9.17, 15) is 0 Å². The van der Waals surface area contributed by atoms with Crippen molar-refractivity contribution < 1.29 is 4.74 Å². The van der Waals surface area contributed by atoms with Crippen LogP contribution in [-0.4, -0.2) is 42.9 Å². The van der Waals surface area contributed by atoms with Crippen LogP contribution in [-0.2, 0) is 4.74 Å². The average Bonchev–Trinajstić information content (AvgIpc) is 2.34. The smallest absolute Gasteiger partial charge is 0.169 e. The largest absolute Gasteiger partial charge is 0.385 e. The first-order valence-corrected chi connectivity index (χ1v) is 7.11. The standard InChI is InChI=1S/C13H28N2OS/c1-5-7-10-15(12(3)6-2)13(17)14-9-8-11-16-4/h12H,5-11H2,1-4H3,(H,14,17). The number of thiocarbonyl (C=S) groups is 1. The van der Waals surface area contributed by atoms with Crippen LogP contribution in [0.2, 0.25) is 0 Å². The highest BCUT2D eigenvalue weighted by Crippen LogP contribution is 2.06. The number of ether oxygens (including phenoxy) is 1. The van der Waals surface area contributed by atoms with Gasteiger partial charge in [0.25, 0.3) is 0 Å². The van der Waals surface area contributed by atoms with Crippen LogP contribution < -0.4 is 5.32 Å². The zero-order chi connectivity index (χ0) is 13.1. The Kier molecular flexibility index (Phi) is 10.6. The Morgan fingerprint density at radius 2 is 2.06 bits per heavy atom. The Balaban J connectivity index is 4.03. The second-order valence-corrected chi connectivity index (χ2v) is 4.77. The molecule has 102 valence electrons. The molecule has 1 atom stereocenters. The Hall–Kier alpha value is -0.350. The van der Waals surface area contributed by atoms with Crippen molar-refractivity contribution >= 4 is 17.3 Å². The van der Waals surface area contributed by atoms with Gasteiger partial charge in [0.2, 0.25) is 0 Å². The van der Waals surface area contributed by atoms with Crippen molar-refractivity contribution in [2.24, 2.45) is 0 Å². The van der Waals surface area contributed by atoms with E-state index in [2.05, 4.69) is 31.0 Å². The van der Waals surface area contributed by atoms with Crippen molar-refractivity contribution in [1.82, 2.24) is 10.2 Å². The predicted molar refractivity (Wildman–Crippen MR) is 78.5 cm³/mol. The van der Waals surface area contributed by atoms with Gasteiger partial charge in [0.05, 0.1) is 0 Å². The second kappa shape index (κ2) is 10.8. The Morgan fingerprint density at radius 1 is 1.35 bits per heavy atom. The lowest BCUT2D eigenvalue weighted by Gasteiger charge is -2.31. The summed E-state index contributed by atoms with van der Waals surface area (Å²) >= 11 is 5.45. The molecule has 1 unspecified atom stereocenters. The monoisotopic (exact) mass is 260 g/mol. The molecule has 0 aromatic heterocycles. The molecule has 0 heterocycles. The summed E-state index contributed by atoms with van der Waals surface area (Å²) in [5.74, 6) is 0. The topological polar surface area (TPSA) is 24.5 Å². The Morgan fingerprint density at radius 3 is 2.59 bits per heavy atom. The van der Waals surface area contributed by atoms with Crippen LogP contribution in [0.4, 0.5) is 0 Å². The molecule has 3 nitrogen and oxygen atoms in total. The lowest BCUT2D eigenvalue weighted by Crippen LogP contribution is -2.45. The minimum Gasteiger partial charge on any atom is -0.385 e. The first-order chi connectivity index (χ1) is 8.17. The maximum atomic E-state index is 5.45. The maximum absolute atomic E-state index is 5.45. The van der Waals surface area contributed by atoms with Gasteiger partial charge in [-0.25, -0.2) is 0 Å². The van der Waals surface area contributed by atoms with Crippen molar-refractivity contribution in [2.75, 3.05) is 26.8 Å². The van der Waals surface area contributed by atoms with E-state index >= 15 is 0 Å². The predicted octanol–water partition coefficient (Wildman–Crippen LogP) is 2.80. The summed E-state index contributed by atoms with van der Waals surface area (Å²) in [7, 11) is 1.73. The molecular weight excluding hydrogens is 232 g/mol. The number of methoxy groups -OCH3 is 1. The fraction of sp³-hybridized carbons (Fsp3) is 0.923. The first-order valence-electron chi connectivity index (χ1n) is 6.70.